The van der Waals surface area contributed by atoms with Gasteiger partial charge in [0.1, 0.15) is 0 Å². The van der Waals surface area contributed by atoms with E-state index in [0.717, 1.165) is 6.42 Å². The maximum atomic E-state index is 12.0. The lowest BCUT2D eigenvalue weighted by molar-refractivity contribution is 0.0935. The number of hydrogen-bond donors (Lipinski definition) is 1. The van der Waals surface area contributed by atoms with Crippen LogP contribution < -0.4 is 5.32 Å². The summed E-state index contributed by atoms with van der Waals surface area (Å²) in [7, 11) is 1.74. The van der Waals surface area contributed by atoms with Crippen molar-refractivity contribution < 1.29 is 4.79 Å². The van der Waals surface area contributed by atoms with E-state index in [1.807, 2.05) is 19.1 Å². The van der Waals surface area contributed by atoms with Crippen LogP contribution in [-0.4, -0.2) is 26.9 Å². The summed E-state index contributed by atoms with van der Waals surface area (Å²) in [6.45, 7) is 2.00. The summed E-state index contributed by atoms with van der Waals surface area (Å²) < 4.78 is 2.80. The number of benzene rings is 1. The molecule has 0 radical (unpaired) electrons. The number of carbonyl (C=O) groups is 1. The van der Waals surface area contributed by atoms with Gasteiger partial charge in [-0.2, -0.15) is 0 Å². The van der Waals surface area contributed by atoms with Crippen molar-refractivity contribution >= 4 is 27.3 Å². The zero-order valence-electron chi connectivity index (χ0n) is 11.9. The van der Waals surface area contributed by atoms with Gasteiger partial charge < -0.3 is 5.32 Å². The molecule has 0 aliphatic carbocycles. The number of nitrogens with one attached hydrogen (secondary N) is 1. The van der Waals surface area contributed by atoms with E-state index in [9.17, 15) is 4.79 Å². The highest BCUT2D eigenvalue weighted by atomic mass is 32.1. The first-order chi connectivity index (χ1) is 10.1. The summed E-state index contributed by atoms with van der Waals surface area (Å²) in [6.07, 6.45) is 2.41. The van der Waals surface area contributed by atoms with Crippen LogP contribution in [0.2, 0.25) is 0 Å². The third kappa shape index (κ3) is 2.95. The molecule has 0 aliphatic heterocycles. The molecular formula is C15H16N4OS. The van der Waals surface area contributed by atoms with E-state index in [2.05, 4.69) is 33.1 Å². The Morgan fingerprint density at radius 2 is 2.24 bits per heavy atom. The van der Waals surface area contributed by atoms with Crippen molar-refractivity contribution in [2.45, 2.75) is 19.4 Å². The Kier molecular flexibility index (Phi) is 3.70. The quantitative estimate of drug-likeness (QED) is 0.805. The molecule has 6 heteroatoms. The van der Waals surface area contributed by atoms with Gasteiger partial charge in [0.2, 0.25) is 0 Å². The summed E-state index contributed by atoms with van der Waals surface area (Å²) in [6, 6.07) is 8.37. The Morgan fingerprint density at radius 1 is 1.43 bits per heavy atom. The molecule has 21 heavy (non-hydrogen) atoms. The molecule has 0 unspecified atom stereocenters. The summed E-state index contributed by atoms with van der Waals surface area (Å²) in [4.78, 5) is 12.0. The Balaban J connectivity index is 1.69. The van der Waals surface area contributed by atoms with Gasteiger partial charge in [-0.25, -0.2) is 0 Å². The lowest BCUT2D eigenvalue weighted by Gasteiger charge is -2.12. The number of rotatable bonds is 4. The number of hydrogen-bond acceptors (Lipinski definition) is 4. The lowest BCUT2D eigenvalue weighted by Crippen LogP contribution is -2.34. The van der Waals surface area contributed by atoms with Crippen LogP contribution in [0.25, 0.3) is 10.1 Å². The Labute approximate surface area is 126 Å². The predicted octanol–water partition coefficient (Wildman–Crippen LogP) is 2.39. The van der Waals surface area contributed by atoms with Gasteiger partial charge in [0.15, 0.2) is 5.69 Å². The third-order valence-electron chi connectivity index (χ3n) is 3.30. The number of carbonyl (C=O) groups excluding carboxylic acids is 1. The normalized spacial score (nSPS) is 12.5. The van der Waals surface area contributed by atoms with E-state index < -0.39 is 0 Å². The fourth-order valence-electron chi connectivity index (χ4n) is 2.32. The van der Waals surface area contributed by atoms with Crippen LogP contribution in [0.5, 0.6) is 0 Å². The molecule has 1 N–H and O–H groups in total. The Hall–Kier alpha value is -2.21. The standard InChI is InChI=1S/C15H16N4OS/c1-10(16-15(20)13-8-19(2)18-17-13)7-11-9-21-14-6-4-3-5-12(11)14/h3-6,8-10H,7H2,1-2H3,(H,16,20)/t10-/m1/s1. The molecule has 1 amide bonds. The van der Waals surface area contributed by atoms with E-state index in [0.29, 0.717) is 5.69 Å². The second-order valence-electron chi connectivity index (χ2n) is 5.11. The largest absolute Gasteiger partial charge is 0.348 e. The Morgan fingerprint density at radius 3 is 3.00 bits per heavy atom. The molecule has 0 saturated heterocycles. The molecular weight excluding hydrogens is 284 g/mol. The molecule has 1 aromatic carbocycles. The van der Waals surface area contributed by atoms with Gasteiger partial charge in [-0.1, -0.05) is 23.4 Å². The first kappa shape index (κ1) is 13.8. The highest BCUT2D eigenvalue weighted by Crippen LogP contribution is 2.26. The van der Waals surface area contributed by atoms with E-state index in [1.165, 1.54) is 20.3 Å². The summed E-state index contributed by atoms with van der Waals surface area (Å²) in [5, 5.41) is 14.0. The van der Waals surface area contributed by atoms with E-state index in [4.69, 9.17) is 0 Å². The molecule has 5 nitrogen and oxygen atoms in total. The third-order valence-corrected chi connectivity index (χ3v) is 4.31. The van der Waals surface area contributed by atoms with Crippen LogP contribution >= 0.6 is 11.3 Å². The number of aryl methyl sites for hydroxylation is 1. The van der Waals surface area contributed by atoms with Crippen LogP contribution in [0, 0.1) is 0 Å². The highest BCUT2D eigenvalue weighted by molar-refractivity contribution is 7.17. The van der Waals surface area contributed by atoms with E-state index in [-0.39, 0.29) is 11.9 Å². The van der Waals surface area contributed by atoms with Crippen molar-refractivity contribution in [2.75, 3.05) is 0 Å². The van der Waals surface area contributed by atoms with Gasteiger partial charge >= 0.3 is 0 Å². The molecule has 3 aromatic rings. The lowest BCUT2D eigenvalue weighted by atomic mass is 10.1. The molecule has 2 aromatic heterocycles. The molecule has 2 heterocycles. The van der Waals surface area contributed by atoms with Crippen molar-refractivity contribution in [1.29, 1.82) is 0 Å². The number of nitrogens with zero attached hydrogens (tertiary/aromatic N) is 3. The number of fused-ring (bicyclic) bond motifs is 1. The maximum Gasteiger partial charge on any atom is 0.273 e. The monoisotopic (exact) mass is 300 g/mol. The number of aromatic nitrogens is 3. The van der Waals surface area contributed by atoms with Crippen molar-refractivity contribution in [2.24, 2.45) is 7.05 Å². The Bertz CT molecular complexity index is 777. The molecule has 0 aliphatic rings. The van der Waals surface area contributed by atoms with E-state index >= 15 is 0 Å². The second kappa shape index (κ2) is 5.65. The smallest absolute Gasteiger partial charge is 0.273 e. The second-order valence-corrected chi connectivity index (χ2v) is 6.02. The minimum Gasteiger partial charge on any atom is -0.348 e. The van der Waals surface area contributed by atoms with Crippen molar-refractivity contribution in [1.82, 2.24) is 20.3 Å². The maximum absolute atomic E-state index is 12.0. The summed E-state index contributed by atoms with van der Waals surface area (Å²) in [5.74, 6) is -0.185. The number of amides is 1. The van der Waals surface area contributed by atoms with Gasteiger partial charge in [0, 0.05) is 17.8 Å². The number of thiophene rings is 1. The average Bonchev–Trinajstić information content (AvgIpc) is 3.06. The minimum atomic E-state index is -0.185. The molecule has 0 fully saturated rings. The fourth-order valence-corrected chi connectivity index (χ4v) is 3.30. The van der Waals surface area contributed by atoms with E-state index in [1.54, 1.807) is 24.6 Å². The summed E-state index contributed by atoms with van der Waals surface area (Å²) >= 11 is 1.74. The first-order valence-corrected chi connectivity index (χ1v) is 7.64. The van der Waals surface area contributed by atoms with Crippen molar-refractivity contribution in [3.63, 3.8) is 0 Å². The van der Waals surface area contributed by atoms with Crippen molar-refractivity contribution in [3.05, 3.63) is 47.1 Å². The van der Waals surface area contributed by atoms with Crippen LogP contribution in [0.4, 0.5) is 0 Å². The molecule has 3 rings (SSSR count). The van der Waals surface area contributed by atoms with Crippen LogP contribution in [0.15, 0.2) is 35.8 Å². The molecule has 108 valence electrons. The van der Waals surface area contributed by atoms with Gasteiger partial charge in [-0.3, -0.25) is 9.48 Å². The summed E-state index contributed by atoms with van der Waals surface area (Å²) in [5.41, 5.74) is 1.61. The van der Waals surface area contributed by atoms with Crippen LogP contribution in [0.1, 0.15) is 23.0 Å². The molecule has 1 atom stereocenters. The van der Waals surface area contributed by atoms with Gasteiger partial charge in [0.25, 0.3) is 5.91 Å². The fraction of sp³-hybridized carbons (Fsp3) is 0.267. The predicted molar refractivity (Wildman–Crippen MR) is 83.5 cm³/mol. The van der Waals surface area contributed by atoms with Gasteiger partial charge in [0.05, 0.1) is 6.20 Å². The van der Waals surface area contributed by atoms with Crippen LogP contribution in [0.3, 0.4) is 0 Å². The molecule has 0 bridgehead atoms. The van der Waals surface area contributed by atoms with Gasteiger partial charge in [-0.05, 0) is 35.7 Å². The average molecular weight is 300 g/mol. The SMILES string of the molecule is C[C@H](Cc1csc2ccccc12)NC(=O)c1cn(C)nn1. The van der Waals surface area contributed by atoms with Crippen LogP contribution in [-0.2, 0) is 13.5 Å². The minimum absolute atomic E-state index is 0.0394. The van der Waals surface area contributed by atoms with Crippen molar-refractivity contribution in [3.8, 4) is 0 Å². The zero-order chi connectivity index (χ0) is 14.8. The first-order valence-electron chi connectivity index (χ1n) is 6.76. The van der Waals surface area contributed by atoms with Gasteiger partial charge in [-0.15, -0.1) is 16.4 Å². The highest BCUT2D eigenvalue weighted by Gasteiger charge is 2.14. The molecule has 0 saturated carbocycles. The topological polar surface area (TPSA) is 59.8 Å². The zero-order valence-corrected chi connectivity index (χ0v) is 12.7. The molecule has 0 spiro atoms.